The molecule has 0 amide bonds. The van der Waals surface area contributed by atoms with Gasteiger partial charge in [-0.3, -0.25) is 0 Å². The molecule has 0 aromatic carbocycles. The Bertz CT molecular complexity index is 230. The monoisotopic (exact) mass is 237 g/mol. The van der Waals surface area contributed by atoms with Gasteiger partial charge in [0, 0.05) is 12.6 Å². The van der Waals surface area contributed by atoms with Gasteiger partial charge in [-0.1, -0.05) is 40.0 Å². The third kappa shape index (κ3) is 3.47. The maximum absolute atomic E-state index is 3.89. The zero-order valence-electron chi connectivity index (χ0n) is 12.1. The molecule has 1 N–H and O–H groups in total. The Morgan fingerprint density at radius 2 is 1.88 bits per heavy atom. The normalized spacial score (nSPS) is 32.5. The molecule has 0 bridgehead atoms. The van der Waals surface area contributed by atoms with Crippen molar-refractivity contribution in [3.8, 4) is 0 Å². The fourth-order valence-corrected chi connectivity index (χ4v) is 3.46. The van der Waals surface area contributed by atoms with Crippen LogP contribution in [0.4, 0.5) is 0 Å². The van der Waals surface area contributed by atoms with Crippen LogP contribution in [0.2, 0.25) is 0 Å². The van der Waals surface area contributed by atoms with E-state index in [2.05, 4.69) is 26.1 Å². The molecule has 17 heavy (non-hydrogen) atoms. The van der Waals surface area contributed by atoms with Gasteiger partial charge in [-0.15, -0.1) is 0 Å². The zero-order chi connectivity index (χ0) is 12.3. The summed E-state index contributed by atoms with van der Waals surface area (Å²) in [6.07, 6.45) is 11.5. The summed E-state index contributed by atoms with van der Waals surface area (Å²) in [4.78, 5) is 0. The largest absolute Gasteiger partial charge is 0.313 e. The van der Waals surface area contributed by atoms with Gasteiger partial charge in [0.25, 0.3) is 0 Å². The molecular formula is C16H31N. The molecule has 0 spiro atoms. The number of hydrogen-bond donors (Lipinski definition) is 1. The van der Waals surface area contributed by atoms with E-state index >= 15 is 0 Å². The molecule has 100 valence electrons. The third-order valence-corrected chi connectivity index (χ3v) is 5.53. The first-order valence-corrected chi connectivity index (χ1v) is 7.89. The molecule has 0 radical (unpaired) electrons. The van der Waals surface area contributed by atoms with E-state index in [1.807, 2.05) is 0 Å². The average Bonchev–Trinajstić information content (AvgIpc) is 3.11. The molecule has 1 nitrogen and oxygen atoms in total. The minimum atomic E-state index is 0.677. The molecule has 0 aromatic heterocycles. The Balaban J connectivity index is 1.72. The van der Waals surface area contributed by atoms with Crippen molar-refractivity contribution in [1.82, 2.24) is 5.32 Å². The quantitative estimate of drug-likeness (QED) is 0.700. The van der Waals surface area contributed by atoms with E-state index < -0.39 is 0 Å². The minimum absolute atomic E-state index is 0.677. The Labute approximate surface area is 108 Å². The highest BCUT2D eigenvalue weighted by molar-refractivity contribution is 4.97. The van der Waals surface area contributed by atoms with E-state index in [4.69, 9.17) is 0 Å². The summed E-state index contributed by atoms with van der Waals surface area (Å²) >= 11 is 0. The lowest BCUT2D eigenvalue weighted by molar-refractivity contribution is 0.309. The van der Waals surface area contributed by atoms with Crippen molar-refractivity contribution in [3.63, 3.8) is 0 Å². The summed E-state index contributed by atoms with van der Waals surface area (Å²) in [5.74, 6) is 1.88. The van der Waals surface area contributed by atoms with Crippen molar-refractivity contribution in [1.29, 1.82) is 0 Å². The maximum Gasteiger partial charge on any atom is 0.00674 e. The van der Waals surface area contributed by atoms with Crippen LogP contribution in [-0.2, 0) is 0 Å². The Hall–Kier alpha value is -0.0400. The van der Waals surface area contributed by atoms with Gasteiger partial charge < -0.3 is 5.32 Å². The van der Waals surface area contributed by atoms with Crippen LogP contribution < -0.4 is 5.32 Å². The molecule has 2 aliphatic rings. The summed E-state index contributed by atoms with van der Waals surface area (Å²) < 4.78 is 0. The van der Waals surface area contributed by atoms with Gasteiger partial charge in [0.05, 0.1) is 0 Å². The van der Waals surface area contributed by atoms with Crippen LogP contribution in [0.3, 0.4) is 0 Å². The van der Waals surface area contributed by atoms with E-state index in [1.165, 1.54) is 57.9 Å². The van der Waals surface area contributed by atoms with Crippen molar-refractivity contribution in [2.24, 2.45) is 17.3 Å². The molecule has 1 heteroatoms. The highest BCUT2D eigenvalue weighted by Gasteiger charge is 2.45. The molecule has 0 aromatic rings. The second-order valence-corrected chi connectivity index (χ2v) is 6.88. The van der Waals surface area contributed by atoms with E-state index in [9.17, 15) is 0 Å². The predicted molar refractivity (Wildman–Crippen MR) is 75.2 cm³/mol. The molecule has 2 unspecified atom stereocenters. The Morgan fingerprint density at radius 3 is 2.47 bits per heavy atom. The van der Waals surface area contributed by atoms with Gasteiger partial charge in [-0.25, -0.2) is 0 Å². The van der Waals surface area contributed by atoms with Crippen LogP contribution in [0.1, 0.15) is 72.1 Å². The minimum Gasteiger partial charge on any atom is -0.313 e. The summed E-state index contributed by atoms with van der Waals surface area (Å²) in [6, 6.07) is 0.822. The topological polar surface area (TPSA) is 12.0 Å². The van der Waals surface area contributed by atoms with Gasteiger partial charge >= 0.3 is 0 Å². The standard InChI is InChI=1S/C16H31N/c1-4-14-6-5-7-15(9-8-14)17-12-16(10-11-16)13(2)3/h13-15,17H,4-12H2,1-3H3. The smallest absolute Gasteiger partial charge is 0.00674 e. The Morgan fingerprint density at radius 1 is 1.12 bits per heavy atom. The molecule has 0 heterocycles. The molecular weight excluding hydrogens is 206 g/mol. The molecule has 2 aliphatic carbocycles. The molecule has 2 atom stereocenters. The first-order valence-electron chi connectivity index (χ1n) is 7.89. The van der Waals surface area contributed by atoms with Crippen LogP contribution in [0.25, 0.3) is 0 Å². The lowest BCUT2D eigenvalue weighted by Gasteiger charge is -2.24. The lowest BCUT2D eigenvalue weighted by atomic mass is 9.92. The third-order valence-electron chi connectivity index (χ3n) is 5.53. The Kier molecular flexibility index (Phi) is 4.52. The maximum atomic E-state index is 3.89. The highest BCUT2D eigenvalue weighted by Crippen LogP contribution is 2.51. The average molecular weight is 237 g/mol. The second-order valence-electron chi connectivity index (χ2n) is 6.88. The molecule has 0 saturated heterocycles. The fraction of sp³-hybridized carbons (Fsp3) is 1.00. The summed E-state index contributed by atoms with van der Waals surface area (Å²) in [5.41, 5.74) is 0.677. The molecule has 2 saturated carbocycles. The van der Waals surface area contributed by atoms with Crippen molar-refractivity contribution < 1.29 is 0 Å². The van der Waals surface area contributed by atoms with Crippen LogP contribution in [0, 0.1) is 17.3 Å². The van der Waals surface area contributed by atoms with E-state index in [0.29, 0.717) is 5.41 Å². The second kappa shape index (κ2) is 5.73. The van der Waals surface area contributed by atoms with Crippen LogP contribution in [0.5, 0.6) is 0 Å². The van der Waals surface area contributed by atoms with Gasteiger partial charge in [0.15, 0.2) is 0 Å². The highest BCUT2D eigenvalue weighted by atomic mass is 14.9. The fourth-order valence-electron chi connectivity index (χ4n) is 3.46. The first kappa shape index (κ1) is 13.4. The van der Waals surface area contributed by atoms with E-state index in [1.54, 1.807) is 0 Å². The summed E-state index contributed by atoms with van der Waals surface area (Å²) in [5, 5.41) is 3.89. The number of nitrogens with one attached hydrogen (secondary N) is 1. The van der Waals surface area contributed by atoms with Crippen molar-refractivity contribution >= 4 is 0 Å². The first-order chi connectivity index (χ1) is 8.16. The van der Waals surface area contributed by atoms with Gasteiger partial charge in [0.2, 0.25) is 0 Å². The van der Waals surface area contributed by atoms with Crippen LogP contribution >= 0.6 is 0 Å². The molecule has 0 aliphatic heterocycles. The van der Waals surface area contributed by atoms with Crippen LogP contribution in [-0.4, -0.2) is 12.6 Å². The lowest BCUT2D eigenvalue weighted by Crippen LogP contribution is -2.35. The summed E-state index contributed by atoms with van der Waals surface area (Å²) in [7, 11) is 0. The van der Waals surface area contributed by atoms with Gasteiger partial charge in [-0.05, 0) is 49.4 Å². The van der Waals surface area contributed by atoms with Crippen molar-refractivity contribution in [2.45, 2.75) is 78.2 Å². The van der Waals surface area contributed by atoms with Crippen molar-refractivity contribution in [2.75, 3.05) is 6.54 Å². The van der Waals surface area contributed by atoms with E-state index in [0.717, 1.165) is 17.9 Å². The molecule has 2 fully saturated rings. The number of rotatable bonds is 5. The number of hydrogen-bond acceptors (Lipinski definition) is 1. The molecule has 2 rings (SSSR count). The van der Waals surface area contributed by atoms with Crippen LogP contribution in [0.15, 0.2) is 0 Å². The predicted octanol–water partition coefficient (Wildman–Crippen LogP) is 4.37. The summed E-state index contributed by atoms with van der Waals surface area (Å²) in [6.45, 7) is 8.44. The van der Waals surface area contributed by atoms with Gasteiger partial charge in [-0.2, -0.15) is 0 Å². The van der Waals surface area contributed by atoms with Gasteiger partial charge in [0.1, 0.15) is 0 Å². The zero-order valence-corrected chi connectivity index (χ0v) is 12.1. The van der Waals surface area contributed by atoms with Crippen molar-refractivity contribution in [3.05, 3.63) is 0 Å². The SMILES string of the molecule is CCC1CCCC(NCC2(C(C)C)CC2)CC1. The van der Waals surface area contributed by atoms with E-state index in [-0.39, 0.29) is 0 Å².